The van der Waals surface area contributed by atoms with E-state index in [0.29, 0.717) is 6.54 Å². The van der Waals surface area contributed by atoms with Crippen LogP contribution in [0.1, 0.15) is 23.7 Å². The summed E-state index contributed by atoms with van der Waals surface area (Å²) in [6, 6.07) is 11.6. The van der Waals surface area contributed by atoms with Crippen molar-refractivity contribution in [1.82, 2.24) is 14.5 Å². The second-order valence-corrected chi connectivity index (χ2v) is 6.42. The van der Waals surface area contributed by atoms with Crippen LogP contribution >= 0.6 is 0 Å². The summed E-state index contributed by atoms with van der Waals surface area (Å²) in [5.74, 6) is -0.896. The molecule has 6 nitrogen and oxygen atoms in total. The lowest BCUT2D eigenvalue weighted by molar-refractivity contribution is -0.136. The molecule has 0 fully saturated rings. The van der Waals surface area contributed by atoms with Gasteiger partial charge < -0.3 is 14.6 Å². The number of carboxylic acids is 1. The highest BCUT2D eigenvalue weighted by molar-refractivity contribution is 5.86. The summed E-state index contributed by atoms with van der Waals surface area (Å²) in [6.45, 7) is 3.90. The van der Waals surface area contributed by atoms with E-state index >= 15 is 0 Å². The molecule has 3 rings (SSSR count). The number of fused-ring (bicyclic) bond motifs is 1. The number of aromatic nitrogens is 2. The molecule has 0 atom stereocenters. The van der Waals surface area contributed by atoms with Crippen molar-refractivity contribution in [2.45, 2.75) is 26.8 Å². The monoisotopic (exact) mass is 351 g/mol. The first-order valence-electron chi connectivity index (χ1n) is 8.36. The molecule has 0 aliphatic carbocycles. The number of pyridine rings is 1. The third kappa shape index (κ3) is 3.44. The summed E-state index contributed by atoms with van der Waals surface area (Å²) < 4.78 is 1.92. The highest BCUT2D eigenvalue weighted by Crippen LogP contribution is 2.27. The molecule has 26 heavy (non-hydrogen) atoms. The Labute approximate surface area is 151 Å². The van der Waals surface area contributed by atoms with E-state index in [9.17, 15) is 14.7 Å². The zero-order valence-corrected chi connectivity index (χ0v) is 15.1. The molecule has 134 valence electrons. The Morgan fingerprint density at radius 2 is 1.88 bits per heavy atom. The van der Waals surface area contributed by atoms with Crippen LogP contribution in [0.15, 0.2) is 42.6 Å². The predicted octanol–water partition coefficient (Wildman–Crippen LogP) is 2.94. The summed E-state index contributed by atoms with van der Waals surface area (Å²) in [6.07, 6.45) is 1.77. The normalized spacial score (nSPS) is 10.9. The molecule has 0 spiro atoms. The van der Waals surface area contributed by atoms with Crippen molar-refractivity contribution in [3.8, 4) is 5.69 Å². The molecule has 0 bridgehead atoms. The number of benzene rings is 1. The first kappa shape index (κ1) is 17.7. The maximum Gasteiger partial charge on any atom is 0.307 e. The van der Waals surface area contributed by atoms with Crippen molar-refractivity contribution in [2.24, 2.45) is 0 Å². The van der Waals surface area contributed by atoms with Crippen LogP contribution in [0, 0.1) is 6.92 Å². The standard InChI is InChI=1S/C20H21N3O3/c1-13-8-9-17-16(10-19(25)26)12-23(20(17)21-13)18-7-5-4-6-15(18)11-22(3)14(2)24/h4-9,12H,10-11H2,1-3H3,(H,25,26). The first-order valence-corrected chi connectivity index (χ1v) is 8.36. The fourth-order valence-electron chi connectivity index (χ4n) is 3.00. The van der Waals surface area contributed by atoms with E-state index in [-0.39, 0.29) is 12.3 Å². The van der Waals surface area contributed by atoms with Crippen molar-refractivity contribution in [3.63, 3.8) is 0 Å². The van der Waals surface area contributed by atoms with Gasteiger partial charge in [-0.05, 0) is 36.2 Å². The number of carboxylic acid groups (broad SMARTS) is 1. The third-order valence-electron chi connectivity index (χ3n) is 4.41. The summed E-state index contributed by atoms with van der Waals surface area (Å²) >= 11 is 0. The zero-order valence-electron chi connectivity index (χ0n) is 15.1. The molecule has 0 saturated carbocycles. The van der Waals surface area contributed by atoms with Gasteiger partial charge in [0.05, 0.1) is 12.1 Å². The lowest BCUT2D eigenvalue weighted by Gasteiger charge is -2.18. The first-order chi connectivity index (χ1) is 12.4. The van der Waals surface area contributed by atoms with Gasteiger partial charge in [-0.1, -0.05) is 18.2 Å². The Hall–Kier alpha value is -3.15. The van der Waals surface area contributed by atoms with Crippen LogP contribution < -0.4 is 0 Å². The molecular weight excluding hydrogens is 330 g/mol. The van der Waals surface area contributed by atoms with Crippen molar-refractivity contribution >= 4 is 22.9 Å². The molecule has 2 aromatic heterocycles. The van der Waals surface area contributed by atoms with Gasteiger partial charge in [0.2, 0.25) is 5.91 Å². The van der Waals surface area contributed by atoms with Gasteiger partial charge in [0.25, 0.3) is 0 Å². The van der Waals surface area contributed by atoms with Crippen LogP contribution in [0.2, 0.25) is 0 Å². The minimum atomic E-state index is -0.880. The maximum atomic E-state index is 11.6. The average molecular weight is 351 g/mol. The van der Waals surface area contributed by atoms with Crippen LogP contribution in [-0.4, -0.2) is 38.5 Å². The Kier molecular flexibility index (Phi) is 4.75. The molecule has 6 heteroatoms. The van der Waals surface area contributed by atoms with Gasteiger partial charge in [0.1, 0.15) is 5.65 Å². The molecular formula is C20H21N3O3. The fourth-order valence-corrected chi connectivity index (χ4v) is 3.00. The van der Waals surface area contributed by atoms with E-state index in [4.69, 9.17) is 0 Å². The highest BCUT2D eigenvalue weighted by atomic mass is 16.4. The summed E-state index contributed by atoms with van der Waals surface area (Å²) in [5.41, 5.74) is 4.15. The molecule has 1 N–H and O–H groups in total. The third-order valence-corrected chi connectivity index (χ3v) is 4.41. The molecule has 0 aliphatic rings. The molecule has 2 heterocycles. The molecule has 3 aromatic rings. The number of para-hydroxylation sites is 1. The molecule has 0 radical (unpaired) electrons. The van der Waals surface area contributed by atoms with Gasteiger partial charge in [-0.2, -0.15) is 0 Å². The number of nitrogens with zero attached hydrogens (tertiary/aromatic N) is 3. The highest BCUT2D eigenvalue weighted by Gasteiger charge is 2.16. The second kappa shape index (κ2) is 7.00. The van der Waals surface area contributed by atoms with Crippen molar-refractivity contribution in [1.29, 1.82) is 0 Å². The molecule has 0 unspecified atom stereocenters. The summed E-state index contributed by atoms with van der Waals surface area (Å²) in [5, 5.41) is 10.0. The van der Waals surface area contributed by atoms with Crippen LogP contribution in [-0.2, 0) is 22.6 Å². The van der Waals surface area contributed by atoms with Gasteiger partial charge in [0, 0.05) is 37.8 Å². The van der Waals surface area contributed by atoms with E-state index in [1.807, 2.05) is 54.1 Å². The number of carbonyl (C=O) groups is 2. The lowest BCUT2D eigenvalue weighted by Crippen LogP contribution is -2.23. The number of amides is 1. The quantitative estimate of drug-likeness (QED) is 0.767. The zero-order chi connectivity index (χ0) is 18.8. The van der Waals surface area contributed by atoms with E-state index in [1.165, 1.54) is 6.92 Å². The minimum absolute atomic E-state index is 0.0160. The van der Waals surface area contributed by atoms with Gasteiger partial charge in [-0.15, -0.1) is 0 Å². The van der Waals surface area contributed by atoms with Gasteiger partial charge >= 0.3 is 5.97 Å². The largest absolute Gasteiger partial charge is 0.481 e. The van der Waals surface area contributed by atoms with E-state index in [2.05, 4.69) is 4.98 Å². The number of hydrogen-bond donors (Lipinski definition) is 1. The van der Waals surface area contributed by atoms with Crippen molar-refractivity contribution in [3.05, 3.63) is 59.4 Å². The van der Waals surface area contributed by atoms with E-state index in [1.54, 1.807) is 11.9 Å². The summed E-state index contributed by atoms with van der Waals surface area (Å²) in [7, 11) is 1.76. The molecule has 0 aliphatic heterocycles. The van der Waals surface area contributed by atoms with Crippen LogP contribution in [0.5, 0.6) is 0 Å². The number of hydrogen-bond acceptors (Lipinski definition) is 3. The lowest BCUT2D eigenvalue weighted by atomic mass is 10.1. The number of aryl methyl sites for hydroxylation is 1. The smallest absolute Gasteiger partial charge is 0.307 e. The molecule has 1 aromatic carbocycles. The Balaban J connectivity index is 2.18. The van der Waals surface area contributed by atoms with Gasteiger partial charge in [-0.3, -0.25) is 9.59 Å². The average Bonchev–Trinajstić information content (AvgIpc) is 2.92. The van der Waals surface area contributed by atoms with E-state index in [0.717, 1.165) is 33.5 Å². The topological polar surface area (TPSA) is 75.4 Å². The fraction of sp³-hybridized carbons (Fsp3) is 0.250. The second-order valence-electron chi connectivity index (χ2n) is 6.42. The van der Waals surface area contributed by atoms with Gasteiger partial charge in [-0.25, -0.2) is 4.98 Å². The predicted molar refractivity (Wildman–Crippen MR) is 99.3 cm³/mol. The maximum absolute atomic E-state index is 11.6. The number of carbonyl (C=O) groups excluding carboxylic acids is 1. The van der Waals surface area contributed by atoms with E-state index < -0.39 is 5.97 Å². The SMILES string of the molecule is CC(=O)N(C)Cc1ccccc1-n1cc(CC(=O)O)c2ccc(C)nc21. The van der Waals surface area contributed by atoms with Crippen molar-refractivity contribution in [2.75, 3.05) is 7.05 Å². The van der Waals surface area contributed by atoms with Crippen LogP contribution in [0.25, 0.3) is 16.7 Å². The Morgan fingerprint density at radius 1 is 1.15 bits per heavy atom. The molecule has 1 amide bonds. The molecule has 0 saturated heterocycles. The number of aliphatic carboxylic acids is 1. The Bertz CT molecular complexity index is 991. The van der Waals surface area contributed by atoms with Gasteiger partial charge in [0.15, 0.2) is 0 Å². The number of rotatable bonds is 5. The Morgan fingerprint density at radius 3 is 2.58 bits per heavy atom. The summed E-state index contributed by atoms with van der Waals surface area (Å²) in [4.78, 5) is 29.1. The van der Waals surface area contributed by atoms with Crippen molar-refractivity contribution < 1.29 is 14.7 Å². The van der Waals surface area contributed by atoms with Crippen LogP contribution in [0.4, 0.5) is 0 Å². The minimum Gasteiger partial charge on any atom is -0.481 e. The van der Waals surface area contributed by atoms with Crippen LogP contribution in [0.3, 0.4) is 0 Å².